The van der Waals surface area contributed by atoms with Crippen molar-refractivity contribution in [2.45, 2.75) is 57.3 Å². The number of carbonyl (C=O) groups excluding carboxylic acids is 1. The zero-order chi connectivity index (χ0) is 38.3. The van der Waals surface area contributed by atoms with Crippen LogP contribution in [-0.4, -0.2) is 97.1 Å². The molecule has 0 spiro atoms. The zero-order valence-electron chi connectivity index (χ0n) is 28.4. The minimum atomic E-state index is -5.08. The third-order valence-electron chi connectivity index (χ3n) is 7.64. The molecular formula is C32H40Cl2F3N7O6S. The average molecular weight is 779 g/mol. The summed E-state index contributed by atoms with van der Waals surface area (Å²) in [5.74, 6) is -2.21. The summed E-state index contributed by atoms with van der Waals surface area (Å²) in [6.45, 7) is 9.60. The molecule has 0 radical (unpaired) electrons. The van der Waals surface area contributed by atoms with E-state index in [1.165, 1.54) is 26.0 Å². The molecule has 1 aliphatic heterocycles. The highest BCUT2D eigenvalue weighted by atomic mass is 35.5. The van der Waals surface area contributed by atoms with Crippen molar-refractivity contribution >= 4 is 62.0 Å². The van der Waals surface area contributed by atoms with Crippen LogP contribution in [0.5, 0.6) is 5.75 Å². The number of hydrogen-bond acceptors (Lipinski definition) is 8. The fraction of sp³-hybridized carbons (Fsp3) is 0.438. The quantitative estimate of drug-likeness (QED) is 0.132. The number of aryl methyl sites for hydroxylation is 2. The fourth-order valence-corrected chi connectivity index (χ4v) is 7.35. The van der Waals surface area contributed by atoms with E-state index < -0.39 is 27.7 Å². The first-order valence-electron chi connectivity index (χ1n) is 15.5. The van der Waals surface area contributed by atoms with Gasteiger partial charge in [-0.25, -0.2) is 18.2 Å². The summed E-state index contributed by atoms with van der Waals surface area (Å²) in [6, 6.07) is 10.4. The number of carboxylic acids is 1. The molecule has 0 atom stereocenters. The first-order chi connectivity index (χ1) is 23.7. The third-order valence-corrected chi connectivity index (χ3v) is 10.2. The summed E-state index contributed by atoms with van der Waals surface area (Å²) >= 11 is 13.1. The first kappa shape index (κ1) is 41.5. The molecule has 1 fully saturated rings. The molecule has 2 aromatic carbocycles. The minimum absolute atomic E-state index is 0.0909. The van der Waals surface area contributed by atoms with E-state index in [1.807, 2.05) is 36.9 Å². The number of halogens is 5. The van der Waals surface area contributed by atoms with Gasteiger partial charge in [0.2, 0.25) is 15.9 Å². The van der Waals surface area contributed by atoms with Gasteiger partial charge in [-0.3, -0.25) is 9.79 Å². The van der Waals surface area contributed by atoms with Crippen LogP contribution >= 0.6 is 23.2 Å². The maximum Gasteiger partial charge on any atom is 0.490 e. The number of guanidine groups is 1. The van der Waals surface area contributed by atoms with Crippen LogP contribution in [0.15, 0.2) is 46.3 Å². The molecule has 0 bridgehead atoms. The van der Waals surface area contributed by atoms with Crippen LogP contribution in [0.4, 0.5) is 13.2 Å². The number of aliphatic carboxylic acids is 1. The van der Waals surface area contributed by atoms with Crippen molar-refractivity contribution in [3.63, 3.8) is 0 Å². The summed E-state index contributed by atoms with van der Waals surface area (Å²) in [4.78, 5) is 34.6. The van der Waals surface area contributed by atoms with Crippen molar-refractivity contribution in [3.05, 3.63) is 63.3 Å². The van der Waals surface area contributed by atoms with E-state index in [2.05, 4.69) is 14.7 Å². The number of nitrogens with zero attached hydrogens (tertiary/aromatic N) is 4. The second kappa shape index (κ2) is 17.1. The molecule has 280 valence electrons. The van der Waals surface area contributed by atoms with E-state index in [4.69, 9.17) is 49.3 Å². The van der Waals surface area contributed by atoms with E-state index in [1.54, 1.807) is 11.0 Å². The van der Waals surface area contributed by atoms with Gasteiger partial charge in [-0.15, -0.1) is 0 Å². The molecule has 3 aromatic rings. The third kappa shape index (κ3) is 10.8. The Morgan fingerprint density at radius 2 is 1.69 bits per heavy atom. The number of ether oxygens (including phenoxy) is 1. The molecule has 1 aliphatic rings. The molecule has 4 rings (SSSR count). The lowest BCUT2D eigenvalue weighted by atomic mass is 10.0. The number of alkyl halides is 3. The molecule has 1 saturated heterocycles. The number of sulfonamides is 1. The standard InChI is InChI=1S/C30H39Cl2N7O4S.C2HF3O2/c1-19-17-20(2)36-27-21(19)7-5-8-24(27)43-18-22-23(31)9-10-25(26(22)32)44(41,42)37-30(3,4)28(40)38-13-15-39(16-14-38)29(34)35-12-6-11-33;3-2(4,5)1(6)7/h5,7-10,17,37H,6,11-16,18,33H2,1-4H3,(H2,34,35);(H,6,7). The molecular weight excluding hydrogens is 738 g/mol. The normalized spacial score (nSPS) is 14.3. The first-order valence-corrected chi connectivity index (χ1v) is 17.8. The van der Waals surface area contributed by atoms with Crippen molar-refractivity contribution in [2.75, 3.05) is 39.3 Å². The van der Waals surface area contributed by atoms with E-state index in [9.17, 15) is 26.4 Å². The largest absolute Gasteiger partial charge is 0.490 e. The number of carboxylic acid groups (broad SMARTS) is 1. The monoisotopic (exact) mass is 777 g/mol. The van der Waals surface area contributed by atoms with Crippen LogP contribution in [0, 0.1) is 13.8 Å². The summed E-state index contributed by atoms with van der Waals surface area (Å²) in [7, 11) is -4.25. The van der Waals surface area contributed by atoms with E-state index in [-0.39, 0.29) is 27.5 Å². The molecule has 2 heterocycles. The van der Waals surface area contributed by atoms with Gasteiger partial charge >= 0.3 is 12.1 Å². The number of nitrogens with two attached hydrogens (primary N) is 2. The Labute approximate surface area is 303 Å². The number of benzene rings is 2. The molecule has 1 aromatic heterocycles. The molecule has 0 unspecified atom stereocenters. The van der Waals surface area contributed by atoms with Crippen molar-refractivity contribution in [2.24, 2.45) is 16.5 Å². The lowest BCUT2D eigenvalue weighted by Gasteiger charge is -2.39. The van der Waals surface area contributed by atoms with Gasteiger partial charge in [0, 0.05) is 54.4 Å². The van der Waals surface area contributed by atoms with Gasteiger partial charge in [-0.2, -0.15) is 17.9 Å². The van der Waals surface area contributed by atoms with Gasteiger partial charge in [0.25, 0.3) is 0 Å². The maximum atomic E-state index is 13.6. The smallest absolute Gasteiger partial charge is 0.487 e. The molecule has 19 heteroatoms. The van der Waals surface area contributed by atoms with Crippen LogP contribution in [0.25, 0.3) is 10.9 Å². The highest BCUT2D eigenvalue weighted by Crippen LogP contribution is 2.34. The number of piperazine rings is 1. The van der Waals surface area contributed by atoms with E-state index in [0.29, 0.717) is 62.1 Å². The molecule has 0 saturated carbocycles. The number of carbonyl (C=O) groups is 2. The Morgan fingerprint density at radius 1 is 1.08 bits per heavy atom. The lowest BCUT2D eigenvalue weighted by Crippen LogP contribution is -2.60. The summed E-state index contributed by atoms with van der Waals surface area (Å²) in [6.07, 6.45) is -4.35. The average Bonchev–Trinajstić information content (AvgIpc) is 3.03. The predicted molar refractivity (Wildman–Crippen MR) is 188 cm³/mol. The SMILES string of the molecule is Cc1cc(C)c2cccc(OCc3c(Cl)ccc(S(=O)(=O)NC(C)(C)C(=O)N4CCN(C(N)=NCCCN)CC4)c3Cl)c2n1.O=C(O)C(F)(F)F. The number of pyridine rings is 1. The molecule has 6 N–H and O–H groups in total. The lowest BCUT2D eigenvalue weighted by molar-refractivity contribution is -0.192. The van der Waals surface area contributed by atoms with Gasteiger partial charge < -0.3 is 31.1 Å². The van der Waals surface area contributed by atoms with Gasteiger partial charge in [-0.05, 0) is 70.5 Å². The fourth-order valence-electron chi connectivity index (χ4n) is 5.09. The van der Waals surface area contributed by atoms with Gasteiger partial charge in [0.1, 0.15) is 28.3 Å². The van der Waals surface area contributed by atoms with Crippen molar-refractivity contribution < 1.29 is 41.0 Å². The number of aliphatic imine (C=N–C) groups is 1. The molecule has 13 nitrogen and oxygen atoms in total. The van der Waals surface area contributed by atoms with Gasteiger partial charge in [-0.1, -0.05) is 35.3 Å². The number of hydrogen-bond donors (Lipinski definition) is 4. The van der Waals surface area contributed by atoms with E-state index >= 15 is 0 Å². The van der Waals surface area contributed by atoms with Crippen molar-refractivity contribution in [1.29, 1.82) is 0 Å². The van der Waals surface area contributed by atoms with Crippen LogP contribution < -0.4 is 20.9 Å². The number of fused-ring (bicyclic) bond motifs is 1. The molecule has 51 heavy (non-hydrogen) atoms. The van der Waals surface area contributed by atoms with E-state index in [0.717, 1.165) is 23.1 Å². The second-order valence-electron chi connectivity index (χ2n) is 12.1. The maximum absolute atomic E-state index is 13.6. The van der Waals surface area contributed by atoms with Gasteiger partial charge in [0.05, 0.1) is 5.02 Å². The Hall–Kier alpha value is -3.90. The van der Waals surface area contributed by atoms with Crippen molar-refractivity contribution in [3.8, 4) is 5.75 Å². The second-order valence-corrected chi connectivity index (χ2v) is 14.5. The molecule has 0 aliphatic carbocycles. The Bertz CT molecular complexity index is 1890. The van der Waals surface area contributed by atoms with Gasteiger partial charge in [0.15, 0.2) is 5.96 Å². The Balaban J connectivity index is 0.000000908. The van der Waals surface area contributed by atoms with Crippen LogP contribution in [0.3, 0.4) is 0 Å². The summed E-state index contributed by atoms with van der Waals surface area (Å²) in [5.41, 5.74) is 13.0. The Kier molecular flexibility index (Phi) is 13.9. The minimum Gasteiger partial charge on any atom is -0.487 e. The van der Waals surface area contributed by atoms with Crippen molar-refractivity contribution in [1.82, 2.24) is 19.5 Å². The molecule has 1 amide bonds. The number of para-hydroxylation sites is 1. The summed E-state index contributed by atoms with van der Waals surface area (Å²) < 4.78 is 67.6. The highest BCUT2D eigenvalue weighted by molar-refractivity contribution is 7.89. The number of rotatable bonds is 10. The Morgan fingerprint density at radius 3 is 2.27 bits per heavy atom. The zero-order valence-corrected chi connectivity index (χ0v) is 30.7. The van der Waals surface area contributed by atoms with Crippen LogP contribution in [0.2, 0.25) is 10.0 Å². The number of amides is 1. The topological polar surface area (TPSA) is 194 Å². The summed E-state index contributed by atoms with van der Waals surface area (Å²) in [5, 5.41) is 8.22. The predicted octanol–water partition coefficient (Wildman–Crippen LogP) is 4.24. The highest BCUT2D eigenvalue weighted by Gasteiger charge is 2.39. The van der Waals surface area contributed by atoms with Crippen LogP contribution in [-0.2, 0) is 26.2 Å². The number of nitrogens with one attached hydrogen (secondary N) is 1. The number of aromatic nitrogens is 1. The van der Waals surface area contributed by atoms with Crippen LogP contribution in [0.1, 0.15) is 37.1 Å².